The summed E-state index contributed by atoms with van der Waals surface area (Å²) in [4.78, 5) is 31.8. The Morgan fingerprint density at radius 1 is 0.824 bits per heavy atom. The van der Waals surface area contributed by atoms with Gasteiger partial charge in [0.25, 0.3) is 0 Å². The predicted octanol–water partition coefficient (Wildman–Crippen LogP) is -1.64. The molecule has 0 radical (unpaired) electrons. The van der Waals surface area contributed by atoms with Crippen LogP contribution in [0.4, 0.5) is 0 Å². The summed E-state index contributed by atoms with van der Waals surface area (Å²) >= 11 is 0. The highest BCUT2D eigenvalue weighted by atomic mass is 16.4. The van der Waals surface area contributed by atoms with Crippen LogP contribution in [-0.2, 0) is 14.4 Å². The van der Waals surface area contributed by atoms with Crippen molar-refractivity contribution in [3.05, 3.63) is 0 Å². The third-order valence-electron chi connectivity index (χ3n) is 2.72. The van der Waals surface area contributed by atoms with Gasteiger partial charge in [0, 0.05) is 11.9 Å². The molecule has 0 saturated heterocycles. The molecule has 0 heterocycles. The van der Waals surface area contributed by atoms with Gasteiger partial charge in [-0.3, -0.25) is 4.79 Å². The van der Waals surface area contributed by atoms with E-state index < -0.39 is 35.7 Å². The van der Waals surface area contributed by atoms with E-state index in [2.05, 4.69) is 0 Å². The summed E-state index contributed by atoms with van der Waals surface area (Å²) < 4.78 is 0. The van der Waals surface area contributed by atoms with Crippen LogP contribution in [0.5, 0.6) is 0 Å². The number of rotatable bonds is 3. The van der Waals surface area contributed by atoms with Crippen LogP contribution in [0.2, 0.25) is 0 Å². The molecule has 8 heteroatoms. The Bertz CT molecular complexity index is 252. The first-order valence-corrected chi connectivity index (χ1v) is 4.56. The van der Waals surface area contributed by atoms with Crippen molar-refractivity contribution in [1.29, 1.82) is 0 Å². The van der Waals surface area contributed by atoms with Crippen molar-refractivity contribution in [3.8, 4) is 0 Å². The number of aliphatic carboxylic acids is 3. The highest BCUT2D eigenvalue weighted by Gasteiger charge is 2.33. The fraction of sp³-hybridized carbons (Fsp3) is 0.667. The SMILES string of the molecule is O=C([O-])C1CC(C(=O)[O-])CC(C(=O)O)C1.[NH4+].[NH4+]. The van der Waals surface area contributed by atoms with Gasteiger partial charge in [0.15, 0.2) is 0 Å². The van der Waals surface area contributed by atoms with Gasteiger partial charge in [-0.1, -0.05) is 0 Å². The number of quaternary nitrogens is 2. The molecular weight excluding hydrogens is 232 g/mol. The molecule has 0 aromatic carbocycles. The molecule has 100 valence electrons. The first-order valence-electron chi connectivity index (χ1n) is 4.56. The summed E-state index contributed by atoms with van der Waals surface area (Å²) in [6, 6.07) is 0. The first-order chi connectivity index (χ1) is 6.91. The zero-order chi connectivity index (χ0) is 11.6. The molecule has 8 nitrogen and oxygen atoms in total. The van der Waals surface area contributed by atoms with Gasteiger partial charge in [-0.15, -0.1) is 0 Å². The van der Waals surface area contributed by atoms with Crippen molar-refractivity contribution in [3.63, 3.8) is 0 Å². The predicted molar refractivity (Wildman–Crippen MR) is 53.9 cm³/mol. The summed E-state index contributed by atoms with van der Waals surface area (Å²) in [6.45, 7) is 0. The molecule has 1 fully saturated rings. The smallest absolute Gasteiger partial charge is 0.306 e. The number of carbonyl (C=O) groups is 3. The van der Waals surface area contributed by atoms with E-state index in [1.54, 1.807) is 0 Å². The van der Waals surface area contributed by atoms with Gasteiger partial charge < -0.3 is 37.2 Å². The summed E-state index contributed by atoms with van der Waals surface area (Å²) in [5, 5.41) is 29.9. The van der Waals surface area contributed by atoms with E-state index in [9.17, 15) is 24.6 Å². The molecular formula is C9H18N2O6. The van der Waals surface area contributed by atoms with Gasteiger partial charge in [-0.05, 0) is 31.1 Å². The largest absolute Gasteiger partial charge is 0.550 e. The van der Waals surface area contributed by atoms with E-state index in [0.29, 0.717) is 0 Å². The normalized spacial score (nSPS) is 27.2. The summed E-state index contributed by atoms with van der Waals surface area (Å²) in [5.41, 5.74) is 0. The molecule has 17 heavy (non-hydrogen) atoms. The van der Waals surface area contributed by atoms with E-state index in [4.69, 9.17) is 5.11 Å². The van der Waals surface area contributed by atoms with Crippen LogP contribution in [0.25, 0.3) is 0 Å². The molecule has 1 aliphatic carbocycles. The monoisotopic (exact) mass is 250 g/mol. The topological polar surface area (TPSA) is 191 Å². The molecule has 0 amide bonds. The number of carboxylic acids is 3. The van der Waals surface area contributed by atoms with E-state index in [-0.39, 0.29) is 31.6 Å². The van der Waals surface area contributed by atoms with Crippen LogP contribution >= 0.6 is 0 Å². The molecule has 0 spiro atoms. The quantitative estimate of drug-likeness (QED) is 0.537. The Morgan fingerprint density at radius 2 is 1.12 bits per heavy atom. The molecule has 2 unspecified atom stereocenters. The Hall–Kier alpha value is -1.67. The van der Waals surface area contributed by atoms with Crippen molar-refractivity contribution >= 4 is 17.9 Å². The number of hydrogen-bond donors (Lipinski definition) is 3. The van der Waals surface area contributed by atoms with Gasteiger partial charge in [0.2, 0.25) is 0 Å². The lowest BCUT2D eigenvalue weighted by Gasteiger charge is -2.33. The van der Waals surface area contributed by atoms with Crippen LogP contribution in [0.15, 0.2) is 0 Å². The standard InChI is InChI=1S/C9H12O6.2H3N/c10-7(11)4-1-5(8(12)13)3-6(2-4)9(14)15;;/h4-6H,1-3H2,(H,10,11)(H,12,13)(H,14,15);2*1H3. The number of carboxylic acid groups (broad SMARTS) is 3. The molecule has 0 aromatic rings. The van der Waals surface area contributed by atoms with Crippen LogP contribution in [0.3, 0.4) is 0 Å². The molecule has 1 saturated carbocycles. The van der Waals surface area contributed by atoms with Crippen molar-refractivity contribution in [2.45, 2.75) is 19.3 Å². The van der Waals surface area contributed by atoms with Crippen molar-refractivity contribution < 1.29 is 29.7 Å². The zero-order valence-electron chi connectivity index (χ0n) is 9.84. The molecule has 0 aromatic heterocycles. The molecule has 9 N–H and O–H groups in total. The van der Waals surface area contributed by atoms with Crippen LogP contribution < -0.4 is 22.5 Å². The fourth-order valence-electron chi connectivity index (χ4n) is 1.91. The minimum Gasteiger partial charge on any atom is -0.550 e. The molecule has 1 aliphatic rings. The second-order valence-corrected chi connectivity index (χ2v) is 3.77. The summed E-state index contributed by atoms with van der Waals surface area (Å²) in [7, 11) is 0. The second kappa shape index (κ2) is 6.81. The lowest BCUT2D eigenvalue weighted by molar-refractivity contribution is -0.318. The fourth-order valence-corrected chi connectivity index (χ4v) is 1.91. The van der Waals surface area contributed by atoms with Crippen LogP contribution in [-0.4, -0.2) is 23.0 Å². The molecule has 0 aliphatic heterocycles. The van der Waals surface area contributed by atoms with Crippen LogP contribution in [0, 0.1) is 17.8 Å². The van der Waals surface area contributed by atoms with Gasteiger partial charge >= 0.3 is 5.97 Å². The van der Waals surface area contributed by atoms with Gasteiger partial charge in [0.1, 0.15) is 0 Å². The van der Waals surface area contributed by atoms with Gasteiger partial charge in [-0.2, -0.15) is 0 Å². The third-order valence-corrected chi connectivity index (χ3v) is 2.72. The van der Waals surface area contributed by atoms with Crippen molar-refractivity contribution in [2.24, 2.45) is 17.8 Å². The average molecular weight is 250 g/mol. The maximum absolute atomic E-state index is 10.7. The summed E-state index contributed by atoms with van der Waals surface area (Å²) in [6.07, 6.45) is -0.239. The minimum atomic E-state index is -1.40. The highest BCUT2D eigenvalue weighted by molar-refractivity contribution is 5.76. The molecule has 1 rings (SSSR count). The van der Waals surface area contributed by atoms with E-state index in [1.807, 2.05) is 0 Å². The highest BCUT2D eigenvalue weighted by Crippen LogP contribution is 2.33. The number of carbonyl (C=O) groups excluding carboxylic acids is 2. The second-order valence-electron chi connectivity index (χ2n) is 3.77. The van der Waals surface area contributed by atoms with E-state index in [0.717, 1.165) is 0 Å². The maximum Gasteiger partial charge on any atom is 0.306 e. The Kier molecular flexibility index (Phi) is 7.10. The molecule has 0 bridgehead atoms. The van der Waals surface area contributed by atoms with E-state index in [1.165, 1.54) is 0 Å². The first kappa shape index (κ1) is 17.7. The Morgan fingerprint density at radius 3 is 1.35 bits per heavy atom. The Labute approximate surface area is 97.8 Å². The minimum absolute atomic E-state index is 0. The van der Waals surface area contributed by atoms with Crippen LogP contribution in [0.1, 0.15) is 19.3 Å². The Balaban J connectivity index is 0. The van der Waals surface area contributed by atoms with Gasteiger partial charge in [-0.25, -0.2) is 0 Å². The van der Waals surface area contributed by atoms with Crippen molar-refractivity contribution in [2.75, 3.05) is 0 Å². The van der Waals surface area contributed by atoms with E-state index >= 15 is 0 Å². The lowest BCUT2D eigenvalue weighted by Crippen LogP contribution is -2.43. The third kappa shape index (κ3) is 4.37. The zero-order valence-corrected chi connectivity index (χ0v) is 9.84. The average Bonchev–Trinajstić information content (AvgIpc) is 2.16. The van der Waals surface area contributed by atoms with Gasteiger partial charge in [0.05, 0.1) is 5.92 Å². The van der Waals surface area contributed by atoms with Crippen molar-refractivity contribution in [1.82, 2.24) is 12.3 Å². The number of hydrogen-bond acceptors (Lipinski definition) is 5. The maximum atomic E-state index is 10.7. The molecule has 2 atom stereocenters. The lowest BCUT2D eigenvalue weighted by atomic mass is 9.75. The summed E-state index contributed by atoms with van der Waals surface area (Å²) in [5.74, 6) is -6.93.